The number of benzene rings is 1. The first-order chi connectivity index (χ1) is 7.65. The van der Waals surface area contributed by atoms with E-state index in [0.717, 1.165) is 15.9 Å². The first kappa shape index (κ1) is 13.8. The quantitative estimate of drug-likeness (QED) is 0.411. The predicted molar refractivity (Wildman–Crippen MR) is 75.1 cm³/mol. The molecule has 1 unspecified atom stereocenters. The van der Waals surface area contributed by atoms with Crippen molar-refractivity contribution in [3.05, 3.63) is 29.3 Å². The number of rotatable bonds is 6. The second-order valence-corrected chi connectivity index (χ2v) is 6.77. The van der Waals surface area contributed by atoms with E-state index < -0.39 is 0 Å². The molecule has 0 N–H and O–H groups in total. The van der Waals surface area contributed by atoms with Gasteiger partial charge in [0.2, 0.25) is 0 Å². The maximum atomic E-state index is 6.39. The lowest BCUT2D eigenvalue weighted by Gasteiger charge is -2.11. The molecule has 2 radical (unpaired) electrons. The van der Waals surface area contributed by atoms with Gasteiger partial charge in [0.15, 0.2) is 0 Å². The number of aryl methyl sites for hydroxylation is 1. The highest BCUT2D eigenvalue weighted by atomic mass is 35.5. The first-order valence-electron chi connectivity index (χ1n) is 6.12. The van der Waals surface area contributed by atoms with Gasteiger partial charge < -0.3 is 0 Å². The lowest BCUT2D eigenvalue weighted by Crippen LogP contribution is -2.26. The molecule has 0 saturated carbocycles. The Morgan fingerprint density at radius 1 is 1.25 bits per heavy atom. The van der Waals surface area contributed by atoms with Crippen LogP contribution in [-0.4, -0.2) is 14.5 Å². The standard InChI is InChI=1S/C14H21ClSi/c1-4-5-6-10-14(15)16-13-9-7-8-11(2)12(13)3/h7-9,14H,4-6,10H2,1-3H3. The van der Waals surface area contributed by atoms with Gasteiger partial charge in [-0.05, 0) is 31.4 Å². The van der Waals surface area contributed by atoms with Crippen molar-refractivity contribution in [2.24, 2.45) is 0 Å². The summed E-state index contributed by atoms with van der Waals surface area (Å²) in [6, 6.07) is 6.53. The lowest BCUT2D eigenvalue weighted by molar-refractivity contribution is 0.691. The molecule has 1 atom stereocenters. The van der Waals surface area contributed by atoms with Crippen molar-refractivity contribution in [1.29, 1.82) is 0 Å². The minimum Gasteiger partial charge on any atom is -0.127 e. The topological polar surface area (TPSA) is 0 Å². The Morgan fingerprint density at radius 2 is 2.00 bits per heavy atom. The van der Waals surface area contributed by atoms with E-state index in [2.05, 4.69) is 39.0 Å². The third-order valence-electron chi connectivity index (χ3n) is 2.98. The third kappa shape index (κ3) is 4.30. The Labute approximate surface area is 107 Å². The number of alkyl halides is 1. The molecular weight excluding hydrogens is 232 g/mol. The second-order valence-electron chi connectivity index (χ2n) is 4.36. The van der Waals surface area contributed by atoms with E-state index in [4.69, 9.17) is 11.6 Å². The summed E-state index contributed by atoms with van der Waals surface area (Å²) in [5.41, 5.74) is 2.80. The highest BCUT2D eigenvalue weighted by Crippen LogP contribution is 2.09. The number of unbranched alkanes of at least 4 members (excludes halogenated alkanes) is 2. The minimum absolute atomic E-state index is 0.326. The Morgan fingerprint density at radius 3 is 2.69 bits per heavy atom. The van der Waals surface area contributed by atoms with Crippen molar-refractivity contribution in [3.63, 3.8) is 0 Å². The lowest BCUT2D eigenvalue weighted by atomic mass is 10.1. The fraction of sp³-hybridized carbons (Fsp3) is 0.571. The van der Waals surface area contributed by atoms with Crippen LogP contribution in [0.1, 0.15) is 43.7 Å². The van der Waals surface area contributed by atoms with E-state index >= 15 is 0 Å². The monoisotopic (exact) mass is 252 g/mol. The fourth-order valence-electron chi connectivity index (χ4n) is 1.72. The smallest absolute Gasteiger partial charge is 0.104 e. The van der Waals surface area contributed by atoms with Crippen molar-refractivity contribution in [2.45, 2.75) is 51.5 Å². The average molecular weight is 253 g/mol. The molecule has 2 heteroatoms. The van der Waals surface area contributed by atoms with E-state index in [1.165, 1.54) is 35.6 Å². The van der Waals surface area contributed by atoms with Crippen molar-refractivity contribution in [1.82, 2.24) is 0 Å². The van der Waals surface area contributed by atoms with E-state index in [0.29, 0.717) is 5.00 Å². The fourth-order valence-corrected chi connectivity index (χ4v) is 3.52. The molecule has 0 saturated heterocycles. The predicted octanol–water partition coefficient (Wildman–Crippen LogP) is 3.78. The van der Waals surface area contributed by atoms with Crippen LogP contribution >= 0.6 is 11.6 Å². The summed E-state index contributed by atoms with van der Waals surface area (Å²) in [5, 5.41) is 1.77. The Hall–Kier alpha value is -0.273. The Kier molecular flexibility index (Phi) is 6.15. The van der Waals surface area contributed by atoms with Crippen LogP contribution in [0.4, 0.5) is 0 Å². The van der Waals surface area contributed by atoms with Crippen molar-refractivity contribution in [2.75, 3.05) is 0 Å². The zero-order chi connectivity index (χ0) is 12.0. The van der Waals surface area contributed by atoms with Gasteiger partial charge in [-0.15, -0.1) is 11.6 Å². The van der Waals surface area contributed by atoms with Crippen LogP contribution in [0.2, 0.25) is 0 Å². The highest BCUT2D eigenvalue weighted by Gasteiger charge is 2.09. The van der Waals surface area contributed by atoms with Gasteiger partial charge in [0.1, 0.15) is 9.52 Å². The van der Waals surface area contributed by atoms with Crippen LogP contribution in [0.3, 0.4) is 0 Å². The van der Waals surface area contributed by atoms with Crippen molar-refractivity contribution < 1.29 is 0 Å². The molecule has 0 amide bonds. The number of hydrogen-bond acceptors (Lipinski definition) is 0. The van der Waals surface area contributed by atoms with Gasteiger partial charge in [0.05, 0.1) is 0 Å². The molecule has 0 nitrogen and oxygen atoms in total. The zero-order valence-corrected chi connectivity index (χ0v) is 12.3. The Bertz CT molecular complexity index is 323. The van der Waals surface area contributed by atoms with Gasteiger partial charge >= 0.3 is 0 Å². The molecular formula is C14H21ClSi. The summed E-state index contributed by atoms with van der Waals surface area (Å²) >= 11 is 6.39. The molecule has 88 valence electrons. The molecule has 0 fully saturated rings. The summed E-state index contributed by atoms with van der Waals surface area (Å²) < 4.78 is 0. The van der Waals surface area contributed by atoms with E-state index in [1.807, 2.05) is 0 Å². The van der Waals surface area contributed by atoms with Crippen LogP contribution in [0, 0.1) is 13.8 Å². The molecule has 0 spiro atoms. The van der Waals surface area contributed by atoms with Gasteiger partial charge in [-0.1, -0.05) is 49.6 Å². The van der Waals surface area contributed by atoms with E-state index in [-0.39, 0.29) is 0 Å². The summed E-state index contributed by atoms with van der Waals surface area (Å²) in [6.07, 6.45) is 5.00. The Balaban J connectivity index is 2.49. The molecule has 16 heavy (non-hydrogen) atoms. The van der Waals surface area contributed by atoms with E-state index in [9.17, 15) is 0 Å². The summed E-state index contributed by atoms with van der Waals surface area (Å²) in [7, 11) is 0.750. The van der Waals surface area contributed by atoms with Gasteiger partial charge in [-0.3, -0.25) is 0 Å². The highest BCUT2D eigenvalue weighted by molar-refractivity contribution is 6.65. The van der Waals surface area contributed by atoms with Crippen LogP contribution in [0.5, 0.6) is 0 Å². The minimum atomic E-state index is 0.326. The van der Waals surface area contributed by atoms with Crippen molar-refractivity contribution in [3.8, 4) is 0 Å². The summed E-state index contributed by atoms with van der Waals surface area (Å²) in [5.74, 6) is 0. The van der Waals surface area contributed by atoms with Crippen LogP contribution in [0.15, 0.2) is 18.2 Å². The van der Waals surface area contributed by atoms with Gasteiger partial charge in [-0.25, -0.2) is 0 Å². The third-order valence-corrected chi connectivity index (χ3v) is 4.98. The molecule has 0 aliphatic rings. The molecule has 0 bridgehead atoms. The molecule has 1 aromatic rings. The molecule has 0 heterocycles. The summed E-state index contributed by atoms with van der Waals surface area (Å²) in [6.45, 7) is 6.60. The number of halogens is 1. The zero-order valence-electron chi connectivity index (χ0n) is 10.5. The maximum Gasteiger partial charge on any atom is 0.104 e. The van der Waals surface area contributed by atoms with Crippen LogP contribution < -0.4 is 5.19 Å². The maximum absolute atomic E-state index is 6.39. The molecule has 1 rings (SSSR count). The summed E-state index contributed by atoms with van der Waals surface area (Å²) in [4.78, 5) is 0. The number of hydrogen-bond donors (Lipinski definition) is 0. The van der Waals surface area contributed by atoms with Gasteiger partial charge in [0, 0.05) is 5.00 Å². The molecule has 0 aliphatic carbocycles. The van der Waals surface area contributed by atoms with Crippen LogP contribution in [0.25, 0.3) is 0 Å². The first-order valence-corrected chi connectivity index (χ1v) is 7.63. The van der Waals surface area contributed by atoms with E-state index in [1.54, 1.807) is 0 Å². The largest absolute Gasteiger partial charge is 0.127 e. The average Bonchev–Trinajstić information content (AvgIpc) is 2.25. The van der Waals surface area contributed by atoms with Crippen molar-refractivity contribution >= 4 is 26.3 Å². The molecule has 1 aromatic carbocycles. The van der Waals surface area contributed by atoms with Crippen LogP contribution in [-0.2, 0) is 0 Å². The molecule has 0 aliphatic heterocycles. The van der Waals surface area contributed by atoms with Gasteiger partial charge in [-0.2, -0.15) is 0 Å². The SMILES string of the molecule is CCCCCC(Cl)[Si]c1cccc(C)c1C. The van der Waals surface area contributed by atoms with Gasteiger partial charge in [0.25, 0.3) is 0 Å². The normalized spacial score (nSPS) is 12.8. The molecule has 0 aromatic heterocycles. The second kappa shape index (κ2) is 7.13.